The number of hydrogen-bond acceptors (Lipinski definition) is 4. The first-order chi connectivity index (χ1) is 35.5. The van der Waals surface area contributed by atoms with Crippen molar-refractivity contribution in [2.75, 3.05) is 0 Å². The van der Waals surface area contributed by atoms with Crippen molar-refractivity contribution >= 4 is 33.8 Å². The van der Waals surface area contributed by atoms with E-state index in [4.69, 9.17) is 15.0 Å². The predicted octanol–water partition coefficient (Wildman–Crippen LogP) is 15.9. The standard InChI is InChI=1S/C67H52N3OP/c71-72(58-22-10-3-11-23-58,59-24-12-4-13-25-59)63-45-44-60(61-26-14-15-27-62(61)63)52-36-40-56(41-37-52)67(46-16-5-17-47-67)57-42-38-55(39-43-57)66-69-64(53-20-8-2-9-21-53)68-65(70-66)54-34-32-51(33-35-54)50-30-28-49(29-31-50)48-18-6-1-7-19-48/h1-4,6-15,18-45H,5,16-17,46-47H2. The fourth-order valence-electron chi connectivity index (χ4n) is 11.0. The molecule has 1 heterocycles. The Labute approximate surface area is 422 Å². The van der Waals surface area contributed by atoms with Crippen LogP contribution in [-0.4, -0.2) is 15.0 Å². The Morgan fingerprint density at radius 3 is 1.12 bits per heavy atom. The molecule has 1 aromatic heterocycles. The summed E-state index contributed by atoms with van der Waals surface area (Å²) in [5, 5.41) is 4.64. The van der Waals surface area contributed by atoms with E-state index < -0.39 is 7.14 Å². The fourth-order valence-corrected chi connectivity index (χ4v) is 13.8. The highest BCUT2D eigenvalue weighted by Gasteiger charge is 2.36. The lowest BCUT2D eigenvalue weighted by atomic mass is 9.65. The molecule has 0 amide bonds. The summed E-state index contributed by atoms with van der Waals surface area (Å²) in [7, 11) is -3.19. The van der Waals surface area contributed by atoms with Gasteiger partial charge in [-0.3, -0.25) is 0 Å². The second-order valence-electron chi connectivity index (χ2n) is 18.9. The number of nitrogens with zero attached hydrogens (tertiary/aromatic N) is 3. The molecule has 11 aromatic rings. The van der Waals surface area contributed by atoms with E-state index in [0.717, 1.165) is 78.5 Å². The van der Waals surface area contributed by atoms with Crippen molar-refractivity contribution in [2.24, 2.45) is 0 Å². The van der Waals surface area contributed by atoms with Gasteiger partial charge in [0.2, 0.25) is 0 Å². The lowest BCUT2D eigenvalue weighted by molar-refractivity contribution is 0.346. The molecular weight excluding hydrogens is 894 g/mol. The van der Waals surface area contributed by atoms with Gasteiger partial charge in [0, 0.05) is 38.0 Å². The second-order valence-corrected chi connectivity index (χ2v) is 21.7. The summed E-state index contributed by atoms with van der Waals surface area (Å²) in [6.45, 7) is 0. The quantitative estimate of drug-likeness (QED) is 0.121. The van der Waals surface area contributed by atoms with Crippen LogP contribution in [-0.2, 0) is 9.98 Å². The Morgan fingerprint density at radius 2 is 0.653 bits per heavy atom. The number of hydrogen-bond donors (Lipinski definition) is 0. The van der Waals surface area contributed by atoms with Gasteiger partial charge in [0.05, 0.1) is 0 Å². The zero-order valence-corrected chi connectivity index (χ0v) is 40.9. The molecule has 0 spiro atoms. The summed E-state index contributed by atoms with van der Waals surface area (Å²) < 4.78 is 15.6. The zero-order valence-electron chi connectivity index (χ0n) is 40.0. The van der Waals surface area contributed by atoms with E-state index in [1.54, 1.807) is 0 Å². The van der Waals surface area contributed by atoms with Crippen LogP contribution in [0.15, 0.2) is 255 Å². The van der Waals surface area contributed by atoms with Crippen LogP contribution >= 0.6 is 7.14 Å². The van der Waals surface area contributed by atoms with Crippen LogP contribution in [0.1, 0.15) is 43.2 Å². The minimum atomic E-state index is -3.19. The van der Waals surface area contributed by atoms with Crippen LogP contribution < -0.4 is 15.9 Å². The van der Waals surface area contributed by atoms with Crippen molar-refractivity contribution in [3.63, 3.8) is 0 Å². The van der Waals surface area contributed by atoms with Gasteiger partial charge >= 0.3 is 0 Å². The average molecular weight is 946 g/mol. The Balaban J connectivity index is 0.859. The lowest BCUT2D eigenvalue weighted by Gasteiger charge is -2.39. The van der Waals surface area contributed by atoms with E-state index in [0.29, 0.717) is 17.5 Å². The van der Waals surface area contributed by atoms with Crippen molar-refractivity contribution < 1.29 is 4.57 Å². The summed E-state index contributed by atoms with van der Waals surface area (Å²) in [6, 6.07) is 88.9. The van der Waals surface area contributed by atoms with E-state index in [2.05, 4.69) is 170 Å². The first kappa shape index (κ1) is 44.9. The zero-order chi connectivity index (χ0) is 48.3. The number of rotatable bonds is 11. The van der Waals surface area contributed by atoms with Gasteiger partial charge < -0.3 is 4.57 Å². The van der Waals surface area contributed by atoms with Crippen molar-refractivity contribution in [3.8, 4) is 67.5 Å². The Bertz CT molecular complexity index is 3650. The van der Waals surface area contributed by atoms with E-state index in [9.17, 15) is 0 Å². The van der Waals surface area contributed by atoms with Crippen molar-refractivity contribution in [2.45, 2.75) is 37.5 Å². The van der Waals surface area contributed by atoms with Gasteiger partial charge in [0.1, 0.15) is 0 Å². The number of benzene rings is 10. The van der Waals surface area contributed by atoms with Gasteiger partial charge in [0.15, 0.2) is 24.6 Å². The summed E-state index contributed by atoms with van der Waals surface area (Å²) in [5.41, 5.74) is 12.3. The topological polar surface area (TPSA) is 55.7 Å². The highest BCUT2D eigenvalue weighted by atomic mass is 31.2. The smallest absolute Gasteiger partial charge is 0.171 e. The molecule has 1 aliphatic carbocycles. The average Bonchev–Trinajstić information content (AvgIpc) is 3.48. The third-order valence-corrected chi connectivity index (χ3v) is 17.9. The van der Waals surface area contributed by atoms with Crippen LogP contribution in [0.5, 0.6) is 0 Å². The first-order valence-electron chi connectivity index (χ1n) is 25.1. The van der Waals surface area contributed by atoms with Crippen molar-refractivity contribution in [3.05, 3.63) is 266 Å². The Kier molecular flexibility index (Phi) is 12.1. The SMILES string of the molecule is O=P(c1ccccc1)(c1ccccc1)c1ccc(-c2ccc(C3(c4ccc(-c5nc(-c6ccccc6)nc(-c6ccc(-c7ccc(-c8ccccc8)cc7)cc6)n5)cc4)CCCCC3)cc2)c2ccccc12. The van der Waals surface area contributed by atoms with E-state index in [-0.39, 0.29) is 5.41 Å². The molecule has 346 valence electrons. The molecule has 1 fully saturated rings. The van der Waals surface area contributed by atoms with Gasteiger partial charge in [-0.2, -0.15) is 0 Å². The van der Waals surface area contributed by atoms with Crippen LogP contribution in [0.3, 0.4) is 0 Å². The maximum absolute atomic E-state index is 15.6. The van der Waals surface area contributed by atoms with Crippen molar-refractivity contribution in [1.82, 2.24) is 15.0 Å². The second kappa shape index (κ2) is 19.5. The largest absolute Gasteiger partial charge is 0.309 e. The molecule has 1 saturated carbocycles. The molecule has 10 aromatic carbocycles. The molecule has 4 nitrogen and oxygen atoms in total. The normalized spacial score (nSPS) is 13.4. The monoisotopic (exact) mass is 945 g/mol. The maximum Gasteiger partial charge on any atom is 0.171 e. The summed E-state index contributed by atoms with van der Waals surface area (Å²) in [6.07, 6.45) is 5.75. The number of fused-ring (bicyclic) bond motifs is 1. The molecule has 0 N–H and O–H groups in total. The molecule has 0 saturated heterocycles. The van der Waals surface area contributed by atoms with Crippen molar-refractivity contribution in [1.29, 1.82) is 0 Å². The molecular formula is C67H52N3OP. The highest BCUT2D eigenvalue weighted by molar-refractivity contribution is 7.85. The number of aromatic nitrogens is 3. The third kappa shape index (κ3) is 8.48. The molecule has 12 rings (SSSR count). The van der Waals surface area contributed by atoms with Gasteiger partial charge in [-0.1, -0.05) is 268 Å². The summed E-state index contributed by atoms with van der Waals surface area (Å²) in [5.74, 6) is 1.93. The Morgan fingerprint density at radius 1 is 0.306 bits per heavy atom. The van der Waals surface area contributed by atoms with E-state index >= 15 is 4.57 Å². The van der Waals surface area contributed by atoms with Crippen LogP contribution in [0, 0.1) is 0 Å². The summed E-state index contributed by atoms with van der Waals surface area (Å²) >= 11 is 0. The van der Waals surface area contributed by atoms with Crippen LogP contribution in [0.4, 0.5) is 0 Å². The lowest BCUT2D eigenvalue weighted by Crippen LogP contribution is -2.30. The minimum absolute atomic E-state index is 0.123. The maximum atomic E-state index is 15.6. The molecule has 0 radical (unpaired) electrons. The van der Waals surface area contributed by atoms with Gasteiger partial charge in [-0.05, 0) is 74.2 Å². The predicted molar refractivity (Wildman–Crippen MR) is 300 cm³/mol. The summed E-state index contributed by atoms with van der Waals surface area (Å²) in [4.78, 5) is 15.3. The molecule has 72 heavy (non-hydrogen) atoms. The van der Waals surface area contributed by atoms with Gasteiger partial charge in [-0.15, -0.1) is 0 Å². The van der Waals surface area contributed by atoms with Gasteiger partial charge in [0.25, 0.3) is 0 Å². The molecule has 0 atom stereocenters. The van der Waals surface area contributed by atoms with Gasteiger partial charge in [-0.25, -0.2) is 15.0 Å². The third-order valence-electron chi connectivity index (χ3n) is 14.8. The highest BCUT2D eigenvalue weighted by Crippen LogP contribution is 2.48. The molecule has 0 bridgehead atoms. The molecule has 0 aliphatic heterocycles. The molecule has 1 aliphatic rings. The fraction of sp³-hybridized carbons (Fsp3) is 0.0896. The first-order valence-corrected chi connectivity index (χ1v) is 26.8. The van der Waals surface area contributed by atoms with E-state index in [1.807, 2.05) is 84.9 Å². The minimum Gasteiger partial charge on any atom is -0.309 e. The Hall–Kier alpha value is -8.30. The van der Waals surface area contributed by atoms with Crippen LogP contribution in [0.2, 0.25) is 0 Å². The molecule has 0 unspecified atom stereocenters. The van der Waals surface area contributed by atoms with Crippen LogP contribution in [0.25, 0.3) is 78.3 Å². The van der Waals surface area contributed by atoms with E-state index in [1.165, 1.54) is 41.5 Å². The molecule has 5 heteroatoms.